The van der Waals surface area contributed by atoms with E-state index in [1.54, 1.807) is 24.3 Å². The summed E-state index contributed by atoms with van der Waals surface area (Å²) in [4.78, 5) is 48.9. The molecule has 0 aromatic heterocycles. The molecule has 168 valence electrons. The van der Waals surface area contributed by atoms with Crippen LogP contribution in [0, 0.1) is 0 Å². The molecule has 0 heterocycles. The standard InChI is InChI=1S/C23H22ClNO7/c1-30-20(27)14-10-15(21(28)31-2)12-18(11-14)25-19(26)13-32-22(29)23(8-3-9-23)16-4-6-17(24)7-5-16/h4-7,10-12H,3,8-9,13H2,1-2H3,(H,25,26). The maximum Gasteiger partial charge on any atom is 0.337 e. The Morgan fingerprint density at radius 2 is 1.50 bits per heavy atom. The molecule has 0 bridgehead atoms. The quantitative estimate of drug-likeness (QED) is 0.498. The van der Waals surface area contributed by atoms with Crippen LogP contribution in [0.5, 0.6) is 0 Å². The molecule has 0 spiro atoms. The summed E-state index contributed by atoms with van der Waals surface area (Å²) in [5.41, 5.74) is 0.281. The number of carbonyl (C=O) groups is 4. The number of halogens is 1. The van der Waals surface area contributed by atoms with Crippen molar-refractivity contribution in [1.29, 1.82) is 0 Å². The van der Waals surface area contributed by atoms with Crippen LogP contribution in [0.1, 0.15) is 45.5 Å². The first kappa shape index (κ1) is 23.3. The van der Waals surface area contributed by atoms with Crippen molar-refractivity contribution in [2.75, 3.05) is 26.1 Å². The molecule has 0 atom stereocenters. The Hall–Kier alpha value is -3.39. The number of amides is 1. The second kappa shape index (κ2) is 9.82. The summed E-state index contributed by atoms with van der Waals surface area (Å²) in [7, 11) is 2.39. The Labute approximate surface area is 189 Å². The van der Waals surface area contributed by atoms with Gasteiger partial charge in [-0.1, -0.05) is 30.2 Å². The number of hydrogen-bond donors (Lipinski definition) is 1. The minimum absolute atomic E-state index is 0.0545. The summed E-state index contributed by atoms with van der Waals surface area (Å²) in [6, 6.07) is 11.0. The fourth-order valence-electron chi connectivity index (χ4n) is 3.55. The molecule has 1 saturated carbocycles. The number of benzene rings is 2. The lowest BCUT2D eigenvalue weighted by Gasteiger charge is -2.39. The van der Waals surface area contributed by atoms with Crippen molar-refractivity contribution in [1.82, 2.24) is 0 Å². The molecule has 0 radical (unpaired) electrons. The summed E-state index contributed by atoms with van der Waals surface area (Å²) in [6.07, 6.45) is 2.12. The van der Waals surface area contributed by atoms with E-state index >= 15 is 0 Å². The molecule has 1 aliphatic rings. The van der Waals surface area contributed by atoms with E-state index in [1.807, 2.05) is 0 Å². The summed E-state index contributed by atoms with van der Waals surface area (Å²) in [5, 5.41) is 3.09. The van der Waals surface area contributed by atoms with Gasteiger partial charge in [0.15, 0.2) is 6.61 Å². The fraction of sp³-hybridized carbons (Fsp3) is 0.304. The van der Waals surface area contributed by atoms with E-state index in [0.717, 1.165) is 12.0 Å². The van der Waals surface area contributed by atoms with Crippen LogP contribution in [-0.2, 0) is 29.2 Å². The number of hydrogen-bond acceptors (Lipinski definition) is 7. The largest absolute Gasteiger partial charge is 0.465 e. The highest BCUT2D eigenvalue weighted by molar-refractivity contribution is 6.30. The van der Waals surface area contributed by atoms with Gasteiger partial charge in [0.2, 0.25) is 0 Å². The summed E-state index contributed by atoms with van der Waals surface area (Å²) < 4.78 is 14.6. The molecular weight excluding hydrogens is 438 g/mol. The molecule has 2 aromatic carbocycles. The molecule has 1 aliphatic carbocycles. The third-order valence-electron chi connectivity index (χ3n) is 5.39. The van der Waals surface area contributed by atoms with Crippen LogP contribution >= 0.6 is 11.6 Å². The fourth-order valence-corrected chi connectivity index (χ4v) is 3.67. The van der Waals surface area contributed by atoms with Gasteiger partial charge in [0, 0.05) is 10.7 Å². The molecular formula is C23H22ClNO7. The zero-order chi connectivity index (χ0) is 23.3. The average molecular weight is 460 g/mol. The Balaban J connectivity index is 1.69. The summed E-state index contributed by atoms with van der Waals surface area (Å²) >= 11 is 5.94. The van der Waals surface area contributed by atoms with Gasteiger partial charge < -0.3 is 19.5 Å². The minimum Gasteiger partial charge on any atom is -0.465 e. The second-order valence-electron chi connectivity index (χ2n) is 7.35. The van der Waals surface area contributed by atoms with Crippen LogP contribution in [0.15, 0.2) is 42.5 Å². The van der Waals surface area contributed by atoms with E-state index in [9.17, 15) is 19.2 Å². The van der Waals surface area contributed by atoms with Gasteiger partial charge >= 0.3 is 17.9 Å². The molecule has 0 aliphatic heterocycles. The van der Waals surface area contributed by atoms with Crippen molar-refractivity contribution < 1.29 is 33.4 Å². The van der Waals surface area contributed by atoms with E-state index in [1.165, 1.54) is 32.4 Å². The predicted octanol–water partition coefficient (Wildman–Crippen LogP) is 3.52. The predicted molar refractivity (Wildman–Crippen MR) is 116 cm³/mol. The Kier molecular flexibility index (Phi) is 7.15. The molecule has 1 amide bonds. The first-order valence-corrected chi connectivity index (χ1v) is 10.2. The van der Waals surface area contributed by atoms with Crippen LogP contribution in [0.3, 0.4) is 0 Å². The first-order chi connectivity index (χ1) is 15.3. The summed E-state index contributed by atoms with van der Waals surface area (Å²) in [5.74, 6) is -2.48. The van der Waals surface area contributed by atoms with Crippen molar-refractivity contribution in [2.24, 2.45) is 0 Å². The van der Waals surface area contributed by atoms with E-state index in [0.29, 0.717) is 17.9 Å². The molecule has 3 rings (SSSR count). The number of ether oxygens (including phenoxy) is 3. The normalized spacial score (nSPS) is 14.0. The highest BCUT2D eigenvalue weighted by Crippen LogP contribution is 2.45. The van der Waals surface area contributed by atoms with Crippen LogP contribution in [0.25, 0.3) is 0 Å². The lowest BCUT2D eigenvalue weighted by atomic mass is 9.64. The average Bonchev–Trinajstić information content (AvgIpc) is 2.76. The molecule has 1 fully saturated rings. The van der Waals surface area contributed by atoms with Crippen molar-refractivity contribution in [3.8, 4) is 0 Å². The lowest BCUT2D eigenvalue weighted by Crippen LogP contribution is -2.44. The van der Waals surface area contributed by atoms with E-state index < -0.39 is 35.8 Å². The molecule has 32 heavy (non-hydrogen) atoms. The molecule has 2 aromatic rings. The van der Waals surface area contributed by atoms with Crippen molar-refractivity contribution in [2.45, 2.75) is 24.7 Å². The smallest absolute Gasteiger partial charge is 0.337 e. The topological polar surface area (TPSA) is 108 Å². The molecule has 8 nitrogen and oxygen atoms in total. The van der Waals surface area contributed by atoms with E-state index in [-0.39, 0.29) is 16.8 Å². The van der Waals surface area contributed by atoms with E-state index in [2.05, 4.69) is 14.8 Å². The Bertz CT molecular complexity index is 1010. The highest BCUT2D eigenvalue weighted by Gasteiger charge is 2.47. The van der Waals surface area contributed by atoms with Crippen LogP contribution < -0.4 is 5.32 Å². The van der Waals surface area contributed by atoms with Gasteiger partial charge in [-0.2, -0.15) is 0 Å². The molecule has 0 unspecified atom stereocenters. The SMILES string of the molecule is COC(=O)c1cc(NC(=O)COC(=O)C2(c3ccc(Cl)cc3)CCC2)cc(C(=O)OC)c1. The maximum atomic E-state index is 12.8. The second-order valence-corrected chi connectivity index (χ2v) is 7.79. The van der Waals surface area contributed by atoms with Crippen molar-refractivity contribution in [3.63, 3.8) is 0 Å². The highest BCUT2D eigenvalue weighted by atomic mass is 35.5. The monoisotopic (exact) mass is 459 g/mol. The first-order valence-electron chi connectivity index (χ1n) is 9.84. The molecule has 0 saturated heterocycles. The number of carbonyl (C=O) groups excluding carboxylic acids is 4. The minimum atomic E-state index is -0.784. The lowest BCUT2D eigenvalue weighted by molar-refractivity contribution is -0.156. The van der Waals surface area contributed by atoms with Gasteiger partial charge in [0.1, 0.15) is 0 Å². The zero-order valence-electron chi connectivity index (χ0n) is 17.6. The number of rotatable bonds is 7. The van der Waals surface area contributed by atoms with Gasteiger partial charge in [-0.25, -0.2) is 9.59 Å². The van der Waals surface area contributed by atoms with Crippen LogP contribution in [-0.4, -0.2) is 44.6 Å². The van der Waals surface area contributed by atoms with Crippen LogP contribution in [0.4, 0.5) is 5.69 Å². The van der Waals surface area contributed by atoms with Gasteiger partial charge in [-0.05, 0) is 48.7 Å². The number of anilines is 1. The van der Waals surface area contributed by atoms with Gasteiger partial charge in [-0.15, -0.1) is 0 Å². The number of nitrogens with one attached hydrogen (secondary N) is 1. The maximum absolute atomic E-state index is 12.8. The number of esters is 3. The van der Waals surface area contributed by atoms with Crippen molar-refractivity contribution in [3.05, 3.63) is 64.2 Å². The third kappa shape index (κ3) is 4.91. The molecule has 9 heteroatoms. The van der Waals surface area contributed by atoms with Gasteiger partial charge in [0.25, 0.3) is 5.91 Å². The van der Waals surface area contributed by atoms with Crippen molar-refractivity contribution >= 4 is 41.1 Å². The zero-order valence-corrected chi connectivity index (χ0v) is 18.4. The molecule has 1 N–H and O–H groups in total. The van der Waals surface area contributed by atoms with Crippen LogP contribution in [0.2, 0.25) is 5.02 Å². The number of methoxy groups -OCH3 is 2. The van der Waals surface area contributed by atoms with Gasteiger partial charge in [-0.3, -0.25) is 9.59 Å². The Morgan fingerprint density at radius 1 is 0.938 bits per heavy atom. The summed E-state index contributed by atoms with van der Waals surface area (Å²) in [6.45, 7) is -0.524. The van der Waals surface area contributed by atoms with Gasteiger partial charge in [0.05, 0.1) is 30.8 Å². The van der Waals surface area contributed by atoms with E-state index in [4.69, 9.17) is 16.3 Å². The Morgan fingerprint density at radius 3 is 1.97 bits per heavy atom. The third-order valence-corrected chi connectivity index (χ3v) is 5.64.